The maximum atomic E-state index is 12.2. The Morgan fingerprint density at radius 1 is 1.19 bits per heavy atom. The number of benzene rings is 1. The van der Waals surface area contributed by atoms with Gasteiger partial charge >= 0.3 is 5.97 Å². The number of hydrogen-bond donors (Lipinski definition) is 2. The van der Waals surface area contributed by atoms with E-state index in [2.05, 4.69) is 15.3 Å². The van der Waals surface area contributed by atoms with Crippen molar-refractivity contribution in [1.29, 1.82) is 0 Å². The number of carboxylic acid groups (broad SMARTS) is 1. The Morgan fingerprint density at radius 2 is 1.96 bits per heavy atom. The number of carboxylic acids is 1. The van der Waals surface area contributed by atoms with Crippen LogP contribution in [0.5, 0.6) is 0 Å². The Balaban J connectivity index is 1.82. The molecule has 0 aliphatic rings. The summed E-state index contributed by atoms with van der Waals surface area (Å²) in [6.07, 6.45) is 0. The minimum Gasteiger partial charge on any atom is -0.480 e. The second kappa shape index (κ2) is 8.49. The average Bonchev–Trinajstić information content (AvgIpc) is 3.18. The summed E-state index contributed by atoms with van der Waals surface area (Å²) in [5.74, 6) is -0.849. The fourth-order valence-corrected chi connectivity index (χ4v) is 4.02. The summed E-state index contributed by atoms with van der Waals surface area (Å²) < 4.78 is 0. The molecule has 2 heterocycles. The third-order valence-corrected chi connectivity index (χ3v) is 5.76. The number of thiophene rings is 1. The van der Waals surface area contributed by atoms with Crippen LogP contribution in [0.1, 0.15) is 13.8 Å². The molecule has 3 aromatic rings. The molecule has 0 saturated carbocycles. The summed E-state index contributed by atoms with van der Waals surface area (Å²) in [6, 6.07) is 10.6. The molecule has 2 aromatic heterocycles. The van der Waals surface area contributed by atoms with Gasteiger partial charge in [-0.3, -0.25) is 4.79 Å². The number of carbonyl (C=O) groups is 2. The van der Waals surface area contributed by atoms with Gasteiger partial charge in [-0.15, -0.1) is 11.3 Å². The number of fused-ring (bicyclic) bond motifs is 1. The van der Waals surface area contributed by atoms with Gasteiger partial charge in [-0.05, 0) is 23.4 Å². The molecule has 0 aliphatic heterocycles. The van der Waals surface area contributed by atoms with Crippen molar-refractivity contribution in [3.05, 3.63) is 41.8 Å². The van der Waals surface area contributed by atoms with E-state index in [-0.39, 0.29) is 17.6 Å². The SMILES string of the molecule is CC(C)C(NC(=O)CSc1nc(-c2cccs2)nc2ccccc12)C(=O)O. The van der Waals surface area contributed by atoms with Crippen molar-refractivity contribution >= 4 is 45.9 Å². The van der Waals surface area contributed by atoms with Crippen molar-refractivity contribution in [2.75, 3.05) is 5.75 Å². The van der Waals surface area contributed by atoms with E-state index in [1.54, 1.807) is 25.2 Å². The second-order valence-corrected chi connectivity index (χ2v) is 8.17. The van der Waals surface area contributed by atoms with Gasteiger partial charge in [-0.25, -0.2) is 14.8 Å². The number of nitrogens with one attached hydrogen (secondary N) is 1. The van der Waals surface area contributed by atoms with Gasteiger partial charge in [0.2, 0.25) is 5.91 Å². The van der Waals surface area contributed by atoms with Gasteiger partial charge in [-0.1, -0.05) is 49.9 Å². The molecule has 8 heteroatoms. The van der Waals surface area contributed by atoms with Crippen LogP contribution in [0, 0.1) is 5.92 Å². The van der Waals surface area contributed by atoms with Crippen molar-refractivity contribution in [2.24, 2.45) is 5.92 Å². The molecule has 0 bridgehead atoms. The zero-order valence-electron chi connectivity index (χ0n) is 14.9. The van der Waals surface area contributed by atoms with Crippen molar-refractivity contribution in [3.8, 4) is 10.7 Å². The second-order valence-electron chi connectivity index (χ2n) is 6.26. The van der Waals surface area contributed by atoms with Crippen molar-refractivity contribution < 1.29 is 14.7 Å². The van der Waals surface area contributed by atoms with E-state index >= 15 is 0 Å². The lowest BCUT2D eigenvalue weighted by atomic mass is 10.1. The van der Waals surface area contributed by atoms with Crippen molar-refractivity contribution in [2.45, 2.75) is 24.9 Å². The highest BCUT2D eigenvalue weighted by atomic mass is 32.2. The van der Waals surface area contributed by atoms with Crippen LogP contribution in [0.2, 0.25) is 0 Å². The van der Waals surface area contributed by atoms with Crippen LogP contribution in [0.15, 0.2) is 46.8 Å². The molecule has 0 fully saturated rings. The number of aromatic nitrogens is 2. The lowest BCUT2D eigenvalue weighted by Crippen LogP contribution is -2.45. The molecule has 1 aromatic carbocycles. The normalized spacial score (nSPS) is 12.3. The monoisotopic (exact) mass is 401 g/mol. The van der Waals surface area contributed by atoms with Crippen LogP contribution in [0.4, 0.5) is 0 Å². The molecule has 1 amide bonds. The molecule has 6 nitrogen and oxygen atoms in total. The number of rotatable bonds is 7. The molecule has 0 radical (unpaired) electrons. The van der Waals surface area contributed by atoms with E-state index in [9.17, 15) is 14.7 Å². The van der Waals surface area contributed by atoms with Gasteiger partial charge in [0, 0.05) is 5.39 Å². The number of thioether (sulfide) groups is 1. The fraction of sp³-hybridized carbons (Fsp3) is 0.263. The summed E-state index contributed by atoms with van der Waals surface area (Å²) >= 11 is 2.84. The summed E-state index contributed by atoms with van der Waals surface area (Å²) in [4.78, 5) is 33.7. The highest BCUT2D eigenvalue weighted by Gasteiger charge is 2.23. The molecular weight excluding hydrogens is 382 g/mol. The highest BCUT2D eigenvalue weighted by Crippen LogP contribution is 2.29. The first-order chi connectivity index (χ1) is 13.0. The molecule has 2 N–H and O–H groups in total. The minimum absolute atomic E-state index is 0.0847. The highest BCUT2D eigenvalue weighted by molar-refractivity contribution is 8.00. The first-order valence-electron chi connectivity index (χ1n) is 8.41. The van der Waals surface area contributed by atoms with Crippen LogP contribution in [0.3, 0.4) is 0 Å². The van der Waals surface area contributed by atoms with Crippen LogP contribution < -0.4 is 5.32 Å². The zero-order valence-corrected chi connectivity index (χ0v) is 16.5. The van der Waals surface area contributed by atoms with Gasteiger partial charge < -0.3 is 10.4 Å². The van der Waals surface area contributed by atoms with E-state index in [4.69, 9.17) is 0 Å². The lowest BCUT2D eigenvalue weighted by Gasteiger charge is -2.17. The standard InChI is InChI=1S/C19H19N3O3S2/c1-11(2)16(19(24)25)21-15(23)10-27-18-12-6-3-4-7-13(12)20-17(22-18)14-8-5-9-26-14/h3-9,11,16H,10H2,1-2H3,(H,21,23)(H,24,25). The van der Waals surface area contributed by atoms with E-state index in [1.165, 1.54) is 11.8 Å². The van der Waals surface area contributed by atoms with Gasteiger partial charge in [-0.2, -0.15) is 0 Å². The minimum atomic E-state index is -1.03. The van der Waals surface area contributed by atoms with Gasteiger partial charge in [0.05, 0.1) is 16.1 Å². The molecule has 3 rings (SSSR count). The summed E-state index contributed by atoms with van der Waals surface area (Å²) in [5.41, 5.74) is 0.810. The summed E-state index contributed by atoms with van der Waals surface area (Å²) in [6.45, 7) is 3.52. The van der Waals surface area contributed by atoms with Crippen LogP contribution in [-0.4, -0.2) is 38.7 Å². The maximum Gasteiger partial charge on any atom is 0.326 e. The average molecular weight is 402 g/mol. The fourth-order valence-electron chi connectivity index (χ4n) is 2.54. The largest absolute Gasteiger partial charge is 0.480 e. The first kappa shape index (κ1) is 19.3. The third kappa shape index (κ3) is 4.64. The molecule has 140 valence electrons. The van der Waals surface area contributed by atoms with Crippen LogP contribution >= 0.6 is 23.1 Å². The molecule has 1 atom stereocenters. The lowest BCUT2D eigenvalue weighted by molar-refractivity contribution is -0.142. The third-order valence-electron chi connectivity index (χ3n) is 3.90. The zero-order chi connectivity index (χ0) is 19.4. The topological polar surface area (TPSA) is 92.2 Å². The molecule has 0 aliphatic carbocycles. The van der Waals surface area contributed by atoms with Crippen LogP contribution in [-0.2, 0) is 9.59 Å². The Kier molecular flexibility index (Phi) is 6.08. The molecular formula is C19H19N3O3S2. The quantitative estimate of drug-likeness (QED) is 0.463. The van der Waals surface area contributed by atoms with E-state index < -0.39 is 12.0 Å². The smallest absolute Gasteiger partial charge is 0.326 e. The molecule has 1 unspecified atom stereocenters. The number of carbonyl (C=O) groups excluding carboxylic acids is 1. The van der Waals surface area contributed by atoms with E-state index in [0.717, 1.165) is 15.8 Å². The number of nitrogens with zero attached hydrogens (tertiary/aromatic N) is 2. The van der Waals surface area contributed by atoms with E-state index in [1.807, 2.05) is 41.8 Å². The van der Waals surface area contributed by atoms with Crippen LogP contribution in [0.25, 0.3) is 21.6 Å². The van der Waals surface area contributed by atoms with Crippen molar-refractivity contribution in [3.63, 3.8) is 0 Å². The first-order valence-corrected chi connectivity index (χ1v) is 10.3. The van der Waals surface area contributed by atoms with E-state index in [0.29, 0.717) is 10.9 Å². The molecule has 27 heavy (non-hydrogen) atoms. The molecule has 0 spiro atoms. The van der Waals surface area contributed by atoms with Gasteiger partial charge in [0.15, 0.2) is 5.82 Å². The Bertz CT molecular complexity index is 958. The Morgan fingerprint density at radius 3 is 2.63 bits per heavy atom. The summed E-state index contributed by atoms with van der Waals surface area (Å²) in [7, 11) is 0. The number of aliphatic carboxylic acids is 1. The van der Waals surface area contributed by atoms with Crippen molar-refractivity contribution in [1.82, 2.24) is 15.3 Å². The Labute approximate surface area is 165 Å². The van der Waals surface area contributed by atoms with Gasteiger partial charge in [0.1, 0.15) is 11.1 Å². The number of hydrogen-bond acceptors (Lipinski definition) is 6. The predicted molar refractivity (Wildman–Crippen MR) is 108 cm³/mol. The predicted octanol–water partition coefficient (Wildman–Crippen LogP) is 3.68. The number of para-hydroxylation sites is 1. The van der Waals surface area contributed by atoms with Gasteiger partial charge in [0.25, 0.3) is 0 Å². The number of amides is 1. The summed E-state index contributed by atoms with van der Waals surface area (Å²) in [5, 5.41) is 15.3. The molecule has 0 saturated heterocycles. The Hall–Kier alpha value is -2.45. The maximum absolute atomic E-state index is 12.2.